The quantitative estimate of drug-likeness (QED) is 0.244. The van der Waals surface area contributed by atoms with E-state index in [9.17, 15) is 19.5 Å². The van der Waals surface area contributed by atoms with Gasteiger partial charge >= 0.3 is 11.9 Å². The number of rotatable bonds is 14. The molecule has 0 bridgehead atoms. The van der Waals surface area contributed by atoms with E-state index < -0.39 is 23.6 Å². The number of Topliss-reactive ketones (excluding diaryl/α,β-unsaturated/α-hetero) is 1. The van der Waals surface area contributed by atoms with Gasteiger partial charge in [-0.25, -0.2) is 9.59 Å². The Kier molecular flexibility index (Phi) is 11.1. The van der Waals surface area contributed by atoms with E-state index in [2.05, 4.69) is 13.8 Å². The van der Waals surface area contributed by atoms with Crippen molar-refractivity contribution in [2.75, 3.05) is 6.61 Å². The van der Waals surface area contributed by atoms with Gasteiger partial charge in [0.1, 0.15) is 24.1 Å². The van der Waals surface area contributed by atoms with Crippen LogP contribution in [0, 0.1) is 5.92 Å². The van der Waals surface area contributed by atoms with Crippen molar-refractivity contribution in [2.45, 2.75) is 78.4 Å². The summed E-state index contributed by atoms with van der Waals surface area (Å²) in [5.74, 6) is -1.39. The largest absolute Gasteiger partial charge is 0.487 e. The zero-order valence-corrected chi connectivity index (χ0v) is 19.7. The fourth-order valence-corrected chi connectivity index (χ4v) is 3.26. The molecule has 0 spiro atoms. The number of esters is 1. The highest BCUT2D eigenvalue weighted by molar-refractivity contribution is 6.01. The predicted octanol–water partition coefficient (Wildman–Crippen LogP) is 4.57. The highest BCUT2D eigenvalue weighted by Crippen LogP contribution is 2.24. The lowest BCUT2D eigenvalue weighted by molar-refractivity contribution is -0.142. The molecule has 178 valence electrons. The first-order valence-electron chi connectivity index (χ1n) is 11.1. The zero-order chi connectivity index (χ0) is 24.3. The summed E-state index contributed by atoms with van der Waals surface area (Å²) in [4.78, 5) is 35.1. The number of unbranched alkanes of at least 4 members (excludes halogenated alkanes) is 1. The molecule has 32 heavy (non-hydrogen) atoms. The molecule has 0 aromatic heterocycles. The maximum atomic E-state index is 12.2. The lowest BCUT2D eigenvalue weighted by atomic mass is 9.93. The van der Waals surface area contributed by atoms with Crippen molar-refractivity contribution in [3.8, 4) is 5.75 Å². The fraction of sp³-hybridized carbons (Fsp3) is 0.560. The molecule has 1 rings (SSSR count). The van der Waals surface area contributed by atoms with Gasteiger partial charge in [0.2, 0.25) is 0 Å². The van der Waals surface area contributed by atoms with Crippen LogP contribution in [0.4, 0.5) is 0 Å². The molecular formula is C25H36O7. The van der Waals surface area contributed by atoms with Gasteiger partial charge in [0.05, 0.1) is 0 Å². The maximum Gasteiger partial charge on any atom is 0.334 e. The third-order valence-electron chi connectivity index (χ3n) is 5.18. The van der Waals surface area contributed by atoms with Crippen LogP contribution in [0.25, 0.3) is 0 Å². The smallest absolute Gasteiger partial charge is 0.334 e. The number of hydrogen-bond acceptors (Lipinski definition) is 6. The minimum absolute atomic E-state index is 0.00348. The van der Waals surface area contributed by atoms with Crippen LogP contribution >= 0.6 is 0 Å². The molecule has 0 radical (unpaired) electrons. The summed E-state index contributed by atoms with van der Waals surface area (Å²) in [7, 11) is 0. The molecule has 7 nitrogen and oxygen atoms in total. The molecule has 2 unspecified atom stereocenters. The first kappa shape index (κ1) is 27.4. The van der Waals surface area contributed by atoms with Crippen LogP contribution in [0.3, 0.4) is 0 Å². The molecule has 2 N–H and O–H groups in total. The van der Waals surface area contributed by atoms with E-state index in [1.54, 1.807) is 24.3 Å². The second kappa shape index (κ2) is 13.0. The van der Waals surface area contributed by atoms with Crippen molar-refractivity contribution in [1.82, 2.24) is 0 Å². The topological polar surface area (TPSA) is 110 Å². The second-order valence-corrected chi connectivity index (χ2v) is 8.57. The molecule has 0 heterocycles. The van der Waals surface area contributed by atoms with Gasteiger partial charge in [-0.3, -0.25) is 4.79 Å². The number of aliphatic hydroxyl groups is 1. The van der Waals surface area contributed by atoms with Crippen molar-refractivity contribution < 1.29 is 34.1 Å². The number of carboxylic acids is 1. The highest BCUT2D eigenvalue weighted by atomic mass is 16.6. The summed E-state index contributed by atoms with van der Waals surface area (Å²) in [6, 6.07) is 6.48. The monoisotopic (exact) mass is 448 g/mol. The Labute approximate surface area is 190 Å². The van der Waals surface area contributed by atoms with Gasteiger partial charge < -0.3 is 19.7 Å². The van der Waals surface area contributed by atoms with Crippen molar-refractivity contribution >= 4 is 17.7 Å². The van der Waals surface area contributed by atoms with E-state index in [0.717, 1.165) is 31.8 Å². The van der Waals surface area contributed by atoms with Gasteiger partial charge in [0, 0.05) is 17.2 Å². The van der Waals surface area contributed by atoms with E-state index in [-0.39, 0.29) is 18.0 Å². The number of hydrogen-bond donors (Lipinski definition) is 2. The molecule has 0 saturated heterocycles. The fourth-order valence-electron chi connectivity index (χ4n) is 3.26. The van der Waals surface area contributed by atoms with Crippen LogP contribution in [-0.2, 0) is 14.3 Å². The highest BCUT2D eigenvalue weighted by Gasteiger charge is 2.25. The molecule has 1 aromatic rings. The van der Waals surface area contributed by atoms with Crippen molar-refractivity contribution in [1.29, 1.82) is 0 Å². The Balaban J connectivity index is 2.93. The third kappa shape index (κ3) is 9.64. The van der Waals surface area contributed by atoms with Crippen LogP contribution in [0.5, 0.6) is 5.75 Å². The van der Waals surface area contributed by atoms with Gasteiger partial charge in [0.25, 0.3) is 0 Å². The maximum absolute atomic E-state index is 12.2. The average Bonchev–Trinajstić information content (AvgIpc) is 2.73. The number of carbonyl (C=O) groups excluding carboxylic acids is 2. The molecule has 1 aromatic carbocycles. The number of carbonyl (C=O) groups is 3. The summed E-state index contributed by atoms with van der Waals surface area (Å²) in [6.07, 6.45) is 5.26. The normalized spacial score (nSPS) is 13.9. The molecule has 7 heteroatoms. The Bertz CT molecular complexity index is 788. The van der Waals surface area contributed by atoms with Crippen LogP contribution in [0.2, 0.25) is 0 Å². The van der Waals surface area contributed by atoms with E-state index in [4.69, 9.17) is 14.6 Å². The molecular weight excluding hydrogens is 412 g/mol. The van der Waals surface area contributed by atoms with Crippen LogP contribution < -0.4 is 4.74 Å². The first-order chi connectivity index (χ1) is 15.0. The number of ketones is 1. The van der Waals surface area contributed by atoms with E-state index >= 15 is 0 Å². The third-order valence-corrected chi connectivity index (χ3v) is 5.18. The van der Waals surface area contributed by atoms with Crippen LogP contribution in [0.15, 0.2) is 35.9 Å². The number of benzene rings is 1. The first-order valence-corrected chi connectivity index (χ1v) is 11.1. The molecule has 0 aliphatic rings. The molecule has 2 atom stereocenters. The summed E-state index contributed by atoms with van der Waals surface area (Å²) in [5, 5.41) is 18.7. The number of carboxylic acid groups (broad SMARTS) is 1. The lowest BCUT2D eigenvalue weighted by Crippen LogP contribution is -2.31. The van der Waals surface area contributed by atoms with E-state index in [1.807, 2.05) is 0 Å². The van der Waals surface area contributed by atoms with E-state index in [1.165, 1.54) is 20.8 Å². The average molecular weight is 449 g/mol. The van der Waals surface area contributed by atoms with Gasteiger partial charge in [-0.2, -0.15) is 0 Å². The van der Waals surface area contributed by atoms with E-state index in [0.29, 0.717) is 23.7 Å². The standard InChI is InChI=1S/C25H36O7/c1-6-8-9-18(7-2)15-21(16-31-24(29)17(3)14-22(26)27)32-20-12-10-19(11-13-20)23(28)25(4,5)30/h10-14,18,21,30H,6-9,15-16H2,1-5H3,(H,26,27)/b17-14+. The zero-order valence-electron chi connectivity index (χ0n) is 19.7. The lowest BCUT2D eigenvalue weighted by Gasteiger charge is -2.24. The molecule has 0 aliphatic heterocycles. The summed E-state index contributed by atoms with van der Waals surface area (Å²) < 4.78 is 11.4. The minimum Gasteiger partial charge on any atom is -0.487 e. The molecule has 0 aliphatic carbocycles. The molecule has 0 amide bonds. The van der Waals surface area contributed by atoms with Crippen LogP contribution in [-0.4, -0.2) is 46.2 Å². The Morgan fingerprint density at radius 1 is 1.12 bits per heavy atom. The van der Waals surface area contributed by atoms with Crippen LogP contribution in [0.1, 0.15) is 77.1 Å². The molecule has 0 fully saturated rings. The van der Waals surface area contributed by atoms with Gasteiger partial charge in [-0.1, -0.05) is 39.5 Å². The Morgan fingerprint density at radius 3 is 2.25 bits per heavy atom. The minimum atomic E-state index is -1.46. The number of aliphatic carboxylic acids is 1. The van der Waals surface area contributed by atoms with Crippen molar-refractivity contribution in [3.63, 3.8) is 0 Å². The number of ether oxygens (including phenoxy) is 2. The Hall–Kier alpha value is -2.67. The second-order valence-electron chi connectivity index (χ2n) is 8.57. The van der Waals surface area contributed by atoms with Gasteiger partial charge in [-0.05, 0) is 57.4 Å². The van der Waals surface area contributed by atoms with Crippen molar-refractivity contribution in [3.05, 3.63) is 41.5 Å². The molecule has 0 saturated carbocycles. The summed E-state index contributed by atoms with van der Waals surface area (Å²) >= 11 is 0. The van der Waals surface area contributed by atoms with Crippen molar-refractivity contribution in [2.24, 2.45) is 5.92 Å². The summed E-state index contributed by atoms with van der Waals surface area (Å²) in [5.41, 5.74) is -1.09. The van der Waals surface area contributed by atoms with Gasteiger partial charge in [-0.15, -0.1) is 0 Å². The predicted molar refractivity (Wildman–Crippen MR) is 122 cm³/mol. The van der Waals surface area contributed by atoms with Gasteiger partial charge in [0.15, 0.2) is 5.78 Å². The SMILES string of the molecule is CCCCC(CC)CC(COC(=O)/C(C)=C/C(=O)O)Oc1ccc(C(=O)C(C)(C)O)cc1. The Morgan fingerprint density at radius 2 is 1.75 bits per heavy atom. The summed E-state index contributed by atoms with van der Waals surface area (Å²) in [6.45, 7) is 8.49.